The van der Waals surface area contributed by atoms with E-state index in [9.17, 15) is 18.5 Å². The first-order valence-electron chi connectivity index (χ1n) is 7.96. The third-order valence-electron chi connectivity index (χ3n) is 3.88. The quantitative estimate of drug-likeness (QED) is 0.377. The fourth-order valence-corrected chi connectivity index (χ4v) is 4.18. The number of nitro groups is 1. The standard InChI is InChI=1S/C19H20N2O4S/c1-3-5-15-20(19(4-2)16-9-7-6-8-10-16)26(24,25)18-13-11-17(12-14-18)21(22)23/h3-4,6-14,19H,1-2,5,15H2/t19-/m0/s1. The van der Waals surface area contributed by atoms with Crippen molar-refractivity contribution in [3.05, 3.63) is 95.6 Å². The third kappa shape index (κ3) is 4.25. The van der Waals surface area contributed by atoms with E-state index in [1.165, 1.54) is 28.6 Å². The van der Waals surface area contributed by atoms with Gasteiger partial charge in [-0.15, -0.1) is 13.2 Å². The summed E-state index contributed by atoms with van der Waals surface area (Å²) in [7, 11) is -3.88. The predicted octanol–water partition coefficient (Wildman–Crippen LogP) is 4.09. The smallest absolute Gasteiger partial charge is 0.258 e. The number of sulfonamides is 1. The summed E-state index contributed by atoms with van der Waals surface area (Å²) in [5.41, 5.74) is 0.627. The monoisotopic (exact) mass is 372 g/mol. The van der Waals surface area contributed by atoms with Gasteiger partial charge in [-0.05, 0) is 24.1 Å². The maximum absolute atomic E-state index is 13.2. The lowest BCUT2D eigenvalue weighted by atomic mass is 10.1. The highest BCUT2D eigenvalue weighted by Crippen LogP contribution is 2.29. The van der Waals surface area contributed by atoms with Gasteiger partial charge in [0.25, 0.3) is 5.69 Å². The van der Waals surface area contributed by atoms with Crippen LogP contribution in [0, 0.1) is 10.1 Å². The molecule has 0 bridgehead atoms. The molecular formula is C19H20N2O4S. The summed E-state index contributed by atoms with van der Waals surface area (Å²) >= 11 is 0. The van der Waals surface area contributed by atoms with Crippen LogP contribution in [0.15, 0.2) is 84.8 Å². The minimum atomic E-state index is -3.88. The van der Waals surface area contributed by atoms with Crippen molar-refractivity contribution in [2.24, 2.45) is 0 Å². The molecule has 136 valence electrons. The second-order valence-corrected chi connectivity index (χ2v) is 7.43. The fraction of sp³-hybridized carbons (Fsp3) is 0.158. The molecule has 0 aliphatic heterocycles. The molecular weight excluding hydrogens is 352 g/mol. The summed E-state index contributed by atoms with van der Waals surface area (Å²) in [6, 6.07) is 13.5. The molecule has 2 rings (SSSR count). The molecule has 0 N–H and O–H groups in total. The highest BCUT2D eigenvalue weighted by molar-refractivity contribution is 7.89. The minimum Gasteiger partial charge on any atom is -0.258 e. The van der Waals surface area contributed by atoms with Crippen molar-refractivity contribution in [3.8, 4) is 0 Å². The Morgan fingerprint density at radius 1 is 1.08 bits per heavy atom. The van der Waals surface area contributed by atoms with E-state index in [0.29, 0.717) is 6.42 Å². The van der Waals surface area contributed by atoms with Crippen LogP contribution < -0.4 is 0 Å². The van der Waals surface area contributed by atoms with Crippen LogP contribution in [0.5, 0.6) is 0 Å². The van der Waals surface area contributed by atoms with E-state index >= 15 is 0 Å². The second kappa shape index (κ2) is 8.55. The Labute approximate surface area is 153 Å². The Bertz CT molecular complexity index is 878. The Morgan fingerprint density at radius 2 is 1.69 bits per heavy atom. The van der Waals surface area contributed by atoms with Crippen molar-refractivity contribution in [1.29, 1.82) is 0 Å². The van der Waals surface area contributed by atoms with Gasteiger partial charge in [0.05, 0.1) is 15.9 Å². The van der Waals surface area contributed by atoms with Gasteiger partial charge in [0.1, 0.15) is 0 Å². The first-order chi connectivity index (χ1) is 12.4. The third-order valence-corrected chi connectivity index (χ3v) is 5.78. The van der Waals surface area contributed by atoms with Crippen LogP contribution in [0.2, 0.25) is 0 Å². The number of nitrogens with zero attached hydrogens (tertiary/aromatic N) is 2. The van der Waals surface area contributed by atoms with Gasteiger partial charge in [0.2, 0.25) is 10.0 Å². The van der Waals surface area contributed by atoms with Gasteiger partial charge >= 0.3 is 0 Å². The SMILES string of the molecule is C=CCCN([C@@H](C=C)c1ccccc1)S(=O)(=O)c1ccc([N+](=O)[O-])cc1. The van der Waals surface area contributed by atoms with E-state index in [1.54, 1.807) is 12.2 Å². The van der Waals surface area contributed by atoms with Crippen LogP contribution in [0.1, 0.15) is 18.0 Å². The molecule has 2 aromatic rings. The first kappa shape index (κ1) is 19.6. The van der Waals surface area contributed by atoms with E-state index < -0.39 is 21.0 Å². The zero-order valence-corrected chi connectivity index (χ0v) is 15.0. The summed E-state index contributed by atoms with van der Waals surface area (Å²) in [6.07, 6.45) is 3.67. The number of rotatable bonds is 9. The van der Waals surface area contributed by atoms with Crippen LogP contribution in [0.4, 0.5) is 5.69 Å². The number of hydrogen-bond acceptors (Lipinski definition) is 4. The predicted molar refractivity (Wildman–Crippen MR) is 101 cm³/mol. The van der Waals surface area contributed by atoms with E-state index in [-0.39, 0.29) is 17.1 Å². The van der Waals surface area contributed by atoms with Gasteiger partial charge in [0.15, 0.2) is 0 Å². The van der Waals surface area contributed by atoms with Gasteiger partial charge in [0, 0.05) is 18.7 Å². The van der Waals surface area contributed by atoms with Gasteiger partial charge in [-0.2, -0.15) is 4.31 Å². The summed E-state index contributed by atoms with van der Waals surface area (Å²) in [4.78, 5) is 10.2. The molecule has 0 aliphatic rings. The van der Waals surface area contributed by atoms with Crippen LogP contribution >= 0.6 is 0 Å². The van der Waals surface area contributed by atoms with Crippen molar-refractivity contribution >= 4 is 15.7 Å². The highest BCUT2D eigenvalue weighted by Gasteiger charge is 2.30. The molecule has 0 heterocycles. The molecule has 6 nitrogen and oxygen atoms in total. The molecule has 0 aliphatic carbocycles. The topological polar surface area (TPSA) is 80.5 Å². The minimum absolute atomic E-state index is 0.00468. The zero-order valence-electron chi connectivity index (χ0n) is 14.2. The van der Waals surface area contributed by atoms with Crippen molar-refractivity contribution in [3.63, 3.8) is 0 Å². The molecule has 0 radical (unpaired) electrons. The second-order valence-electron chi connectivity index (χ2n) is 5.54. The Balaban J connectivity index is 2.48. The number of nitro benzene ring substituents is 1. The molecule has 0 saturated carbocycles. The Morgan fingerprint density at radius 3 is 2.19 bits per heavy atom. The van der Waals surface area contributed by atoms with Crippen LogP contribution in [-0.4, -0.2) is 24.2 Å². The Kier molecular flexibility index (Phi) is 6.43. The van der Waals surface area contributed by atoms with Gasteiger partial charge < -0.3 is 0 Å². The molecule has 0 fully saturated rings. The molecule has 0 amide bonds. The molecule has 0 spiro atoms. The van der Waals surface area contributed by atoms with Gasteiger partial charge in [-0.3, -0.25) is 10.1 Å². The summed E-state index contributed by atoms with van der Waals surface area (Å²) in [6.45, 7) is 7.66. The van der Waals surface area contributed by atoms with Crippen LogP contribution in [0.25, 0.3) is 0 Å². The van der Waals surface area contributed by atoms with Crippen molar-refractivity contribution < 1.29 is 13.3 Å². The normalized spacial score (nSPS) is 12.5. The lowest BCUT2D eigenvalue weighted by Crippen LogP contribution is -2.34. The number of non-ortho nitro benzene ring substituents is 1. The van der Waals surface area contributed by atoms with E-state index in [0.717, 1.165) is 5.56 Å². The average molecular weight is 372 g/mol. The zero-order chi connectivity index (χ0) is 19.2. The van der Waals surface area contributed by atoms with E-state index in [2.05, 4.69) is 13.2 Å². The maximum atomic E-state index is 13.2. The molecule has 0 saturated heterocycles. The van der Waals surface area contributed by atoms with Crippen LogP contribution in [-0.2, 0) is 10.0 Å². The molecule has 1 atom stereocenters. The lowest BCUT2D eigenvalue weighted by Gasteiger charge is -2.29. The lowest BCUT2D eigenvalue weighted by molar-refractivity contribution is -0.384. The molecule has 2 aromatic carbocycles. The van der Waals surface area contributed by atoms with Crippen molar-refractivity contribution in [2.45, 2.75) is 17.4 Å². The van der Waals surface area contributed by atoms with E-state index in [1.807, 2.05) is 30.3 Å². The number of hydrogen-bond donors (Lipinski definition) is 0. The fourth-order valence-electron chi connectivity index (χ4n) is 2.57. The molecule has 7 heteroatoms. The van der Waals surface area contributed by atoms with Crippen LogP contribution in [0.3, 0.4) is 0 Å². The largest absolute Gasteiger partial charge is 0.269 e. The summed E-state index contributed by atoms with van der Waals surface area (Å²) in [5, 5.41) is 10.8. The van der Waals surface area contributed by atoms with Crippen molar-refractivity contribution in [1.82, 2.24) is 4.31 Å². The van der Waals surface area contributed by atoms with Gasteiger partial charge in [-0.25, -0.2) is 8.42 Å². The Hall–Kier alpha value is -2.77. The average Bonchev–Trinajstić information content (AvgIpc) is 2.65. The maximum Gasteiger partial charge on any atom is 0.269 e. The number of benzene rings is 2. The van der Waals surface area contributed by atoms with E-state index in [4.69, 9.17) is 0 Å². The molecule has 0 aromatic heterocycles. The highest BCUT2D eigenvalue weighted by atomic mass is 32.2. The summed E-state index contributed by atoms with van der Waals surface area (Å²) < 4.78 is 27.7. The summed E-state index contributed by atoms with van der Waals surface area (Å²) in [5.74, 6) is 0. The molecule has 26 heavy (non-hydrogen) atoms. The first-order valence-corrected chi connectivity index (χ1v) is 9.40. The van der Waals surface area contributed by atoms with Gasteiger partial charge in [-0.1, -0.05) is 42.5 Å². The van der Waals surface area contributed by atoms with Crippen molar-refractivity contribution in [2.75, 3.05) is 6.54 Å². The molecule has 0 unspecified atom stereocenters.